The van der Waals surface area contributed by atoms with Crippen LogP contribution in [0.3, 0.4) is 0 Å². The summed E-state index contributed by atoms with van der Waals surface area (Å²) in [4.78, 5) is 22.9. The van der Waals surface area contributed by atoms with Crippen molar-refractivity contribution < 1.29 is 24.2 Å². The fourth-order valence-corrected chi connectivity index (χ4v) is 3.84. The van der Waals surface area contributed by atoms with E-state index in [9.17, 15) is 9.59 Å². The summed E-state index contributed by atoms with van der Waals surface area (Å²) in [5.74, 6) is -0.196. The predicted molar refractivity (Wildman–Crippen MR) is 100 cm³/mol. The largest absolute Gasteiger partial charge is 0.497 e. The molecule has 0 spiro atoms. The van der Waals surface area contributed by atoms with Gasteiger partial charge in [0.15, 0.2) is 6.61 Å². The molecule has 8 heteroatoms. The second-order valence-electron chi connectivity index (χ2n) is 4.76. The van der Waals surface area contributed by atoms with E-state index in [1.807, 2.05) is 13.0 Å². The molecule has 0 unspecified atom stereocenters. The molecule has 0 saturated carbocycles. The van der Waals surface area contributed by atoms with Gasteiger partial charge in [0, 0.05) is 5.56 Å². The van der Waals surface area contributed by atoms with Gasteiger partial charge in [-0.25, -0.2) is 4.79 Å². The minimum absolute atomic E-state index is 0.192. The summed E-state index contributed by atoms with van der Waals surface area (Å²) in [5, 5.41) is 12.9. The zero-order chi connectivity index (χ0) is 17.7. The van der Waals surface area contributed by atoms with Crippen LogP contribution in [0.1, 0.15) is 12.5 Å². The Bertz CT molecular complexity index is 820. The van der Waals surface area contributed by atoms with Gasteiger partial charge in [0.1, 0.15) is 11.5 Å². The number of allylic oxidation sites excluding steroid dienone is 1. The highest BCUT2D eigenvalue weighted by atomic mass is 32.2. The lowest BCUT2D eigenvalue weighted by molar-refractivity contribution is -0.139. The highest BCUT2D eigenvalue weighted by Gasteiger charge is 2.06. The third kappa shape index (κ3) is 4.59. The number of rotatable bonds is 6. The molecule has 1 aliphatic rings. The van der Waals surface area contributed by atoms with Crippen LogP contribution >= 0.6 is 12.2 Å². The van der Waals surface area contributed by atoms with Crippen LogP contribution < -0.4 is 14.8 Å². The summed E-state index contributed by atoms with van der Waals surface area (Å²) in [7, 11) is 1.01. The van der Waals surface area contributed by atoms with E-state index in [0.29, 0.717) is 21.4 Å². The number of aliphatic carboxylic acids is 1. The maximum absolute atomic E-state index is 11.4. The summed E-state index contributed by atoms with van der Waals surface area (Å²) in [6.07, 6.45) is 3.61. The third-order valence-electron chi connectivity index (χ3n) is 3.06. The number of carbonyl (C=O) groups excluding carboxylic acids is 1. The number of carbonyl (C=O) groups is 2. The number of amides is 1. The molecule has 0 aliphatic carbocycles. The molecule has 0 aromatic heterocycles. The molecule has 1 heterocycles. The molecular weight excluding hydrogens is 350 g/mol. The van der Waals surface area contributed by atoms with Gasteiger partial charge in [-0.2, -0.15) is 4.86 Å². The van der Waals surface area contributed by atoms with E-state index < -0.39 is 22.6 Å². The summed E-state index contributed by atoms with van der Waals surface area (Å²) >= 11 is 5.14. The van der Waals surface area contributed by atoms with Crippen LogP contribution in [0.4, 0.5) is 0 Å². The molecule has 1 aliphatic heterocycles. The van der Waals surface area contributed by atoms with Crippen LogP contribution in [-0.4, -0.2) is 45.3 Å². The lowest BCUT2D eigenvalue weighted by Gasteiger charge is -2.12. The molecular formula is C16H16NO5S2-. The van der Waals surface area contributed by atoms with Gasteiger partial charge in [-0.1, -0.05) is 31.3 Å². The number of ether oxygens (including phenoxy) is 2. The summed E-state index contributed by atoms with van der Waals surface area (Å²) < 4.78 is 11.0. The van der Waals surface area contributed by atoms with Gasteiger partial charge in [-0.3, -0.25) is 4.79 Å². The number of nitrogens with one attached hydrogen (secondary N) is 1. The van der Waals surface area contributed by atoms with Gasteiger partial charge in [-0.05, 0) is 22.5 Å². The number of hydrogen-bond acceptors (Lipinski definition) is 6. The second kappa shape index (κ2) is 7.98. The lowest BCUT2D eigenvalue weighted by Crippen LogP contribution is -2.21. The third-order valence-corrected chi connectivity index (χ3v) is 5.48. The van der Waals surface area contributed by atoms with E-state index in [-0.39, 0.29) is 5.91 Å². The lowest BCUT2D eigenvalue weighted by atomic mass is 10.1. The fraction of sp³-hybridized carbons (Fsp3) is 0.188. The minimum Gasteiger partial charge on any atom is -0.497 e. The zero-order valence-corrected chi connectivity index (χ0v) is 14.7. The van der Waals surface area contributed by atoms with Crippen LogP contribution in [0.25, 0.3) is 6.08 Å². The number of carboxylic acid groups (broad SMARTS) is 1. The van der Waals surface area contributed by atoms with Crippen molar-refractivity contribution in [2.75, 3.05) is 13.7 Å². The molecule has 1 aromatic rings. The topological polar surface area (TPSA) is 84.9 Å². The number of benzene rings is 1. The Labute approximate surface area is 146 Å². The number of carboxylic acids is 1. The van der Waals surface area contributed by atoms with Crippen molar-refractivity contribution in [1.82, 2.24) is 5.32 Å². The van der Waals surface area contributed by atoms with Gasteiger partial charge in [-0.15, -0.1) is 5.37 Å². The van der Waals surface area contributed by atoms with E-state index in [4.69, 9.17) is 26.8 Å². The van der Waals surface area contributed by atoms with E-state index in [2.05, 4.69) is 5.32 Å². The normalized spacial score (nSPS) is 17.4. The van der Waals surface area contributed by atoms with Crippen molar-refractivity contribution in [3.8, 4) is 11.5 Å². The standard InChI is InChI=1S/C16H16NO5S2/c1-10(24-9-14(18)17-16(24)23)3-4-11-7-12(21-2)5-6-13(11)22-8-15(19)20/h3-7,9H,8H2,1-2H3,(H,19,20)(H,17,18,23)/q-1. The first kappa shape index (κ1) is 18.0. The van der Waals surface area contributed by atoms with Gasteiger partial charge < -0.3 is 30.0 Å². The van der Waals surface area contributed by atoms with Gasteiger partial charge in [0.2, 0.25) is 5.91 Å². The molecule has 0 atom stereocenters. The smallest absolute Gasteiger partial charge is 0.341 e. The first-order valence-electron chi connectivity index (χ1n) is 6.88. The monoisotopic (exact) mass is 366 g/mol. The van der Waals surface area contributed by atoms with Crippen LogP contribution in [-0.2, 0) is 19.7 Å². The zero-order valence-electron chi connectivity index (χ0n) is 13.1. The van der Waals surface area contributed by atoms with Crippen LogP contribution in [0.2, 0.25) is 0 Å². The molecule has 0 radical (unpaired) electrons. The highest BCUT2D eigenvalue weighted by molar-refractivity contribution is 8.19. The van der Waals surface area contributed by atoms with Crippen molar-refractivity contribution in [2.24, 2.45) is 0 Å². The quantitative estimate of drug-likeness (QED) is 0.447. The predicted octanol–water partition coefficient (Wildman–Crippen LogP) is 1.20. The molecule has 24 heavy (non-hydrogen) atoms. The van der Waals surface area contributed by atoms with E-state index in [1.165, 1.54) is 0 Å². The van der Waals surface area contributed by atoms with Crippen molar-refractivity contribution in [1.29, 1.82) is 0 Å². The first-order valence-corrected chi connectivity index (χ1v) is 8.57. The maximum Gasteiger partial charge on any atom is 0.341 e. The molecule has 2 N–H and O–H groups in total. The summed E-state index contributed by atoms with van der Waals surface area (Å²) in [6.45, 7) is 1.44. The van der Waals surface area contributed by atoms with Gasteiger partial charge >= 0.3 is 5.97 Å². The maximum atomic E-state index is 11.4. The molecule has 1 aromatic carbocycles. The van der Waals surface area contributed by atoms with Crippen LogP contribution in [0, 0.1) is 0 Å². The number of thiocarbonyl (C=S) groups is 1. The van der Waals surface area contributed by atoms with E-state index in [0.717, 1.165) is 4.86 Å². The Kier molecular flexibility index (Phi) is 5.99. The number of hydrogen-bond donors (Lipinski definition) is 2. The second-order valence-corrected chi connectivity index (χ2v) is 7.39. The van der Waals surface area contributed by atoms with Gasteiger partial charge in [0.25, 0.3) is 0 Å². The molecule has 128 valence electrons. The van der Waals surface area contributed by atoms with Crippen molar-refractivity contribution in [3.63, 3.8) is 0 Å². The molecule has 6 nitrogen and oxygen atoms in total. The first-order chi connectivity index (χ1) is 11.4. The van der Waals surface area contributed by atoms with Crippen LogP contribution in [0.15, 0.2) is 24.3 Å². The van der Waals surface area contributed by atoms with Crippen molar-refractivity contribution >= 4 is 54.8 Å². The molecule has 2 rings (SSSR count). The summed E-state index contributed by atoms with van der Waals surface area (Å²) in [5.41, 5.74) is 0.669. The van der Waals surface area contributed by atoms with Crippen molar-refractivity contribution in [3.05, 3.63) is 29.8 Å². The molecule has 0 bridgehead atoms. The highest BCUT2D eigenvalue weighted by Crippen LogP contribution is 2.25. The average molecular weight is 366 g/mol. The van der Waals surface area contributed by atoms with Crippen LogP contribution in [0.5, 0.6) is 11.5 Å². The minimum atomic E-state index is -1.06. The fourth-order valence-electron chi connectivity index (χ4n) is 1.92. The average Bonchev–Trinajstić information content (AvgIpc) is 2.89. The molecule has 0 fully saturated rings. The Hall–Kier alpha value is -2.32. The van der Waals surface area contributed by atoms with Crippen molar-refractivity contribution in [2.45, 2.75) is 6.92 Å². The summed E-state index contributed by atoms with van der Waals surface area (Å²) in [6, 6.07) is 5.08. The molecule has 1 amide bonds. The van der Waals surface area contributed by atoms with E-state index in [1.54, 1.807) is 36.8 Å². The van der Waals surface area contributed by atoms with Gasteiger partial charge in [0.05, 0.1) is 7.11 Å². The Balaban J connectivity index is 2.34. The molecule has 0 saturated heterocycles. The number of methoxy groups -OCH3 is 1. The Morgan fingerprint density at radius 2 is 2.21 bits per heavy atom. The Morgan fingerprint density at radius 1 is 1.46 bits per heavy atom. The van der Waals surface area contributed by atoms with E-state index >= 15 is 0 Å². The SMILES string of the molecule is COc1ccc(OCC(=O)O)c(C=CC(C)=[S-]2=CC(=O)NC2=S)c1. The Morgan fingerprint density at radius 3 is 2.79 bits per heavy atom.